The van der Waals surface area contributed by atoms with Gasteiger partial charge in [0.1, 0.15) is 6.61 Å². The minimum Gasteiger partial charge on any atom is -0.490 e. The quantitative estimate of drug-likeness (QED) is 0.764. The van der Waals surface area contributed by atoms with E-state index in [4.69, 9.17) is 9.47 Å². The first-order chi connectivity index (χ1) is 9.01. The molecule has 0 aliphatic heterocycles. The monoisotopic (exact) mass is 268 g/mol. The molecule has 0 saturated carbocycles. The molecule has 0 aliphatic carbocycles. The van der Waals surface area contributed by atoms with Gasteiger partial charge in [-0.25, -0.2) is 4.79 Å². The fourth-order valence-corrected chi connectivity index (χ4v) is 1.40. The van der Waals surface area contributed by atoms with Crippen molar-refractivity contribution >= 4 is 5.97 Å². The summed E-state index contributed by atoms with van der Waals surface area (Å²) in [6.07, 6.45) is 0.883. The Kier molecular flexibility index (Phi) is 5.63. The van der Waals surface area contributed by atoms with Crippen LogP contribution in [0.2, 0.25) is 0 Å². The molecule has 0 saturated heterocycles. The Morgan fingerprint density at radius 1 is 1.26 bits per heavy atom. The van der Waals surface area contributed by atoms with Crippen LogP contribution in [-0.2, 0) is 9.53 Å². The molecule has 1 rings (SSSR count). The van der Waals surface area contributed by atoms with Crippen LogP contribution in [-0.4, -0.2) is 37.0 Å². The van der Waals surface area contributed by atoms with Crippen molar-refractivity contribution in [2.24, 2.45) is 0 Å². The van der Waals surface area contributed by atoms with Gasteiger partial charge in [0.25, 0.3) is 0 Å². The van der Waals surface area contributed by atoms with Crippen LogP contribution >= 0.6 is 0 Å². The van der Waals surface area contributed by atoms with Gasteiger partial charge in [0, 0.05) is 0 Å². The second kappa shape index (κ2) is 6.99. The van der Waals surface area contributed by atoms with Gasteiger partial charge in [0.15, 0.2) is 17.1 Å². The van der Waals surface area contributed by atoms with E-state index >= 15 is 0 Å². The van der Waals surface area contributed by atoms with E-state index in [-0.39, 0.29) is 6.61 Å². The summed E-state index contributed by atoms with van der Waals surface area (Å²) in [5.41, 5.74) is -1.69. The van der Waals surface area contributed by atoms with E-state index < -0.39 is 11.6 Å². The molecule has 5 heteroatoms. The van der Waals surface area contributed by atoms with Crippen molar-refractivity contribution < 1.29 is 24.1 Å². The highest BCUT2D eigenvalue weighted by atomic mass is 16.6. The summed E-state index contributed by atoms with van der Waals surface area (Å²) in [5, 5.41) is 9.87. The van der Waals surface area contributed by atoms with Gasteiger partial charge in [-0.1, -0.05) is 19.1 Å². The lowest BCUT2D eigenvalue weighted by molar-refractivity contribution is -0.163. The molecule has 0 amide bonds. The van der Waals surface area contributed by atoms with Crippen molar-refractivity contribution in [1.29, 1.82) is 0 Å². The summed E-state index contributed by atoms with van der Waals surface area (Å²) >= 11 is 0. The van der Waals surface area contributed by atoms with Crippen molar-refractivity contribution in [1.82, 2.24) is 0 Å². The topological polar surface area (TPSA) is 65.0 Å². The van der Waals surface area contributed by atoms with Crippen molar-refractivity contribution in [3.8, 4) is 11.5 Å². The lowest BCUT2D eigenvalue weighted by Gasteiger charge is -2.21. The van der Waals surface area contributed by atoms with Crippen LogP contribution < -0.4 is 9.47 Å². The van der Waals surface area contributed by atoms with E-state index in [9.17, 15) is 9.90 Å². The third-order valence-corrected chi connectivity index (χ3v) is 2.44. The second-order valence-electron chi connectivity index (χ2n) is 4.35. The van der Waals surface area contributed by atoms with E-state index in [0.717, 1.165) is 6.42 Å². The Balaban J connectivity index is 2.69. The molecule has 0 spiro atoms. The van der Waals surface area contributed by atoms with Crippen LogP contribution in [0.15, 0.2) is 24.3 Å². The predicted octanol–water partition coefficient (Wildman–Crippen LogP) is 1.78. The molecular formula is C14H20O5. The number of carbonyl (C=O) groups is 1. The number of carbonyl (C=O) groups excluding carboxylic acids is 1. The van der Waals surface area contributed by atoms with Crippen LogP contribution in [0.5, 0.6) is 11.5 Å². The van der Waals surface area contributed by atoms with Crippen molar-refractivity contribution in [2.45, 2.75) is 25.9 Å². The van der Waals surface area contributed by atoms with Crippen LogP contribution in [0.1, 0.15) is 20.3 Å². The second-order valence-corrected chi connectivity index (χ2v) is 4.35. The molecule has 0 aromatic heterocycles. The summed E-state index contributed by atoms with van der Waals surface area (Å²) in [5.74, 6) is 0.338. The van der Waals surface area contributed by atoms with E-state index in [1.165, 1.54) is 14.0 Å². The van der Waals surface area contributed by atoms with Gasteiger partial charge < -0.3 is 19.3 Å². The molecule has 1 aromatic rings. The van der Waals surface area contributed by atoms with Gasteiger partial charge in [0.2, 0.25) is 0 Å². The maximum absolute atomic E-state index is 11.3. The fourth-order valence-electron chi connectivity index (χ4n) is 1.40. The molecule has 19 heavy (non-hydrogen) atoms. The lowest BCUT2D eigenvalue weighted by atomic mass is 10.1. The van der Waals surface area contributed by atoms with Crippen LogP contribution in [0.4, 0.5) is 0 Å². The number of benzene rings is 1. The van der Waals surface area contributed by atoms with Gasteiger partial charge >= 0.3 is 5.97 Å². The third kappa shape index (κ3) is 4.44. The number of rotatable bonds is 7. The standard InChI is InChI=1S/C14H20O5/c1-4-9-18-11-7-5-6-8-12(11)19-10-14(2,16)13(15)17-3/h5-8,16H,4,9-10H2,1-3H3. The normalized spacial score (nSPS) is 13.5. The molecule has 0 radical (unpaired) electrons. The molecular weight excluding hydrogens is 248 g/mol. The molecule has 106 valence electrons. The van der Waals surface area contributed by atoms with Crippen LogP contribution in [0.25, 0.3) is 0 Å². The maximum Gasteiger partial charge on any atom is 0.341 e. The highest BCUT2D eigenvalue weighted by Gasteiger charge is 2.32. The first-order valence-corrected chi connectivity index (χ1v) is 6.16. The SMILES string of the molecule is CCCOc1ccccc1OCC(C)(O)C(=O)OC. The number of para-hydroxylation sites is 2. The molecule has 0 heterocycles. The Hall–Kier alpha value is -1.75. The highest BCUT2D eigenvalue weighted by Crippen LogP contribution is 2.27. The predicted molar refractivity (Wildman–Crippen MR) is 70.4 cm³/mol. The molecule has 0 bridgehead atoms. The average molecular weight is 268 g/mol. The van der Waals surface area contributed by atoms with Crippen molar-refractivity contribution in [3.05, 3.63) is 24.3 Å². The molecule has 1 N–H and O–H groups in total. The molecule has 0 fully saturated rings. The van der Waals surface area contributed by atoms with Crippen LogP contribution in [0, 0.1) is 0 Å². The zero-order valence-electron chi connectivity index (χ0n) is 11.5. The Morgan fingerprint density at radius 2 is 1.84 bits per heavy atom. The van der Waals surface area contributed by atoms with Crippen molar-refractivity contribution in [3.63, 3.8) is 0 Å². The number of methoxy groups -OCH3 is 1. The van der Waals surface area contributed by atoms with Gasteiger partial charge in [-0.2, -0.15) is 0 Å². The fraction of sp³-hybridized carbons (Fsp3) is 0.500. The number of hydrogen-bond acceptors (Lipinski definition) is 5. The number of ether oxygens (including phenoxy) is 3. The van der Waals surface area contributed by atoms with Gasteiger partial charge in [-0.3, -0.25) is 0 Å². The minimum atomic E-state index is -1.69. The van der Waals surface area contributed by atoms with Crippen LogP contribution in [0.3, 0.4) is 0 Å². The van der Waals surface area contributed by atoms with E-state index in [0.29, 0.717) is 18.1 Å². The summed E-state index contributed by atoms with van der Waals surface area (Å²) in [7, 11) is 1.22. The minimum absolute atomic E-state index is 0.202. The number of hydrogen-bond donors (Lipinski definition) is 1. The third-order valence-electron chi connectivity index (χ3n) is 2.44. The zero-order chi connectivity index (χ0) is 14.3. The molecule has 5 nitrogen and oxygen atoms in total. The van der Waals surface area contributed by atoms with Gasteiger partial charge in [-0.15, -0.1) is 0 Å². The summed E-state index contributed by atoms with van der Waals surface area (Å²) in [4.78, 5) is 11.3. The zero-order valence-corrected chi connectivity index (χ0v) is 11.5. The first kappa shape index (κ1) is 15.3. The smallest absolute Gasteiger partial charge is 0.341 e. The van der Waals surface area contributed by atoms with Crippen molar-refractivity contribution in [2.75, 3.05) is 20.3 Å². The summed E-state index contributed by atoms with van der Waals surface area (Å²) in [6.45, 7) is 3.72. The Bertz CT molecular complexity index is 414. The Labute approximate surface area is 113 Å². The largest absolute Gasteiger partial charge is 0.490 e. The number of aliphatic hydroxyl groups is 1. The van der Waals surface area contributed by atoms with Gasteiger partial charge in [0.05, 0.1) is 13.7 Å². The maximum atomic E-state index is 11.3. The van der Waals surface area contributed by atoms with E-state index in [2.05, 4.69) is 4.74 Å². The van der Waals surface area contributed by atoms with E-state index in [1.807, 2.05) is 13.0 Å². The molecule has 0 aliphatic rings. The first-order valence-electron chi connectivity index (χ1n) is 6.16. The average Bonchev–Trinajstić information content (AvgIpc) is 2.42. The lowest BCUT2D eigenvalue weighted by Crippen LogP contribution is -2.42. The molecule has 1 aromatic carbocycles. The number of esters is 1. The molecule has 1 atom stereocenters. The van der Waals surface area contributed by atoms with E-state index in [1.54, 1.807) is 18.2 Å². The highest BCUT2D eigenvalue weighted by molar-refractivity contribution is 5.78. The Morgan fingerprint density at radius 3 is 2.37 bits per heavy atom. The summed E-state index contributed by atoms with van der Waals surface area (Å²) < 4.78 is 15.5. The summed E-state index contributed by atoms with van der Waals surface area (Å²) in [6, 6.07) is 7.12. The molecule has 1 unspecified atom stereocenters. The van der Waals surface area contributed by atoms with Gasteiger partial charge in [-0.05, 0) is 25.5 Å².